The van der Waals surface area contributed by atoms with Gasteiger partial charge in [-0.25, -0.2) is 0 Å². The molecular formula is C23H45NO3. The van der Waals surface area contributed by atoms with Crippen LogP contribution in [0, 0.1) is 0 Å². The number of rotatable bonds is 13. The fourth-order valence-corrected chi connectivity index (χ4v) is 4.41. The fourth-order valence-electron chi connectivity index (χ4n) is 4.41. The SMILES string of the molecule is CCCCCCCCON1C(C)(C)CC(OC(=O)CCCCC)CC1(C)C. The van der Waals surface area contributed by atoms with E-state index in [9.17, 15) is 4.79 Å². The van der Waals surface area contributed by atoms with Gasteiger partial charge < -0.3 is 4.74 Å². The first-order valence-corrected chi connectivity index (χ1v) is 11.4. The molecule has 0 aromatic rings. The molecule has 0 bridgehead atoms. The zero-order chi connectivity index (χ0) is 20.3. The minimum absolute atomic E-state index is 0.0157. The van der Waals surface area contributed by atoms with Crippen molar-refractivity contribution < 1.29 is 14.4 Å². The molecule has 160 valence electrons. The van der Waals surface area contributed by atoms with E-state index in [1.54, 1.807) is 0 Å². The molecule has 0 aromatic heterocycles. The molecule has 0 N–H and O–H groups in total. The Morgan fingerprint density at radius 3 is 1.96 bits per heavy atom. The van der Waals surface area contributed by atoms with E-state index in [1.165, 1.54) is 32.1 Å². The Morgan fingerprint density at radius 2 is 1.37 bits per heavy atom. The average molecular weight is 384 g/mol. The smallest absolute Gasteiger partial charge is 0.306 e. The van der Waals surface area contributed by atoms with Gasteiger partial charge >= 0.3 is 5.97 Å². The summed E-state index contributed by atoms with van der Waals surface area (Å²) in [6, 6.07) is 0. The maximum atomic E-state index is 12.1. The molecule has 0 amide bonds. The molecule has 0 aliphatic carbocycles. The van der Waals surface area contributed by atoms with Crippen LogP contribution in [0.5, 0.6) is 0 Å². The van der Waals surface area contributed by atoms with Gasteiger partial charge in [0.05, 0.1) is 6.61 Å². The summed E-state index contributed by atoms with van der Waals surface area (Å²) in [4.78, 5) is 18.4. The number of hydrogen-bond donors (Lipinski definition) is 0. The van der Waals surface area contributed by atoms with E-state index in [-0.39, 0.29) is 23.2 Å². The molecule has 1 saturated heterocycles. The molecule has 0 spiro atoms. The summed E-state index contributed by atoms with van der Waals surface area (Å²) >= 11 is 0. The Labute approximate surface area is 168 Å². The molecule has 1 aliphatic rings. The van der Waals surface area contributed by atoms with Gasteiger partial charge in [0, 0.05) is 30.3 Å². The zero-order valence-corrected chi connectivity index (χ0v) is 18.9. The third-order valence-electron chi connectivity index (χ3n) is 5.55. The summed E-state index contributed by atoms with van der Waals surface area (Å²) < 4.78 is 5.82. The topological polar surface area (TPSA) is 38.8 Å². The van der Waals surface area contributed by atoms with Crippen molar-refractivity contribution in [3.8, 4) is 0 Å². The van der Waals surface area contributed by atoms with Gasteiger partial charge in [0.15, 0.2) is 0 Å². The molecule has 0 radical (unpaired) electrons. The van der Waals surface area contributed by atoms with Crippen molar-refractivity contribution in [2.45, 2.75) is 136 Å². The van der Waals surface area contributed by atoms with Gasteiger partial charge in [0.25, 0.3) is 0 Å². The monoisotopic (exact) mass is 383 g/mol. The van der Waals surface area contributed by atoms with E-state index in [0.29, 0.717) is 6.42 Å². The first-order chi connectivity index (χ1) is 12.7. The van der Waals surface area contributed by atoms with E-state index in [0.717, 1.165) is 45.1 Å². The van der Waals surface area contributed by atoms with E-state index < -0.39 is 0 Å². The van der Waals surface area contributed by atoms with Gasteiger partial charge in [-0.2, -0.15) is 5.06 Å². The van der Waals surface area contributed by atoms with Crippen LogP contribution in [0.3, 0.4) is 0 Å². The molecule has 0 atom stereocenters. The first-order valence-electron chi connectivity index (χ1n) is 11.4. The van der Waals surface area contributed by atoms with Gasteiger partial charge in [-0.15, -0.1) is 0 Å². The lowest BCUT2D eigenvalue weighted by Gasteiger charge is -2.53. The summed E-state index contributed by atoms with van der Waals surface area (Å²) in [6.45, 7) is 14.0. The quantitative estimate of drug-likeness (QED) is 0.271. The van der Waals surface area contributed by atoms with Gasteiger partial charge in [-0.05, 0) is 40.5 Å². The number of hydrogen-bond acceptors (Lipinski definition) is 4. The van der Waals surface area contributed by atoms with Crippen molar-refractivity contribution in [3.05, 3.63) is 0 Å². The van der Waals surface area contributed by atoms with E-state index in [1.807, 2.05) is 0 Å². The molecule has 4 nitrogen and oxygen atoms in total. The lowest BCUT2D eigenvalue weighted by Crippen LogP contribution is -2.62. The van der Waals surface area contributed by atoms with Crippen LogP contribution in [-0.4, -0.2) is 34.8 Å². The minimum atomic E-state index is -0.141. The number of nitrogens with zero attached hydrogens (tertiary/aromatic N) is 1. The summed E-state index contributed by atoms with van der Waals surface area (Å²) in [5.41, 5.74) is -0.281. The van der Waals surface area contributed by atoms with Crippen LogP contribution >= 0.6 is 0 Å². The number of carbonyl (C=O) groups excluding carboxylic acids is 1. The van der Waals surface area contributed by atoms with E-state index in [4.69, 9.17) is 9.57 Å². The van der Waals surface area contributed by atoms with Crippen molar-refractivity contribution in [2.75, 3.05) is 6.61 Å². The van der Waals surface area contributed by atoms with Crippen molar-refractivity contribution in [1.82, 2.24) is 5.06 Å². The normalized spacial score (nSPS) is 19.9. The fraction of sp³-hybridized carbons (Fsp3) is 0.957. The van der Waals surface area contributed by atoms with E-state index >= 15 is 0 Å². The number of carbonyl (C=O) groups is 1. The largest absolute Gasteiger partial charge is 0.462 e. The molecule has 0 saturated carbocycles. The number of esters is 1. The molecular weight excluding hydrogens is 338 g/mol. The third kappa shape index (κ3) is 8.95. The molecule has 1 heterocycles. The highest BCUT2D eigenvalue weighted by Crippen LogP contribution is 2.40. The Morgan fingerprint density at radius 1 is 0.852 bits per heavy atom. The van der Waals surface area contributed by atoms with Gasteiger partial charge in [-0.3, -0.25) is 9.63 Å². The van der Waals surface area contributed by atoms with Crippen molar-refractivity contribution in [2.24, 2.45) is 0 Å². The second-order valence-corrected chi connectivity index (χ2v) is 9.50. The maximum Gasteiger partial charge on any atom is 0.306 e. The second-order valence-electron chi connectivity index (χ2n) is 9.50. The summed E-state index contributed by atoms with van der Waals surface area (Å²) in [6.07, 6.45) is 13.0. The predicted octanol–water partition coefficient (Wildman–Crippen LogP) is 6.42. The lowest BCUT2D eigenvalue weighted by molar-refractivity contribution is -0.293. The van der Waals surface area contributed by atoms with Gasteiger partial charge in [-0.1, -0.05) is 58.8 Å². The maximum absolute atomic E-state index is 12.1. The Bertz CT molecular complexity index is 402. The van der Waals surface area contributed by atoms with Crippen LogP contribution in [0.15, 0.2) is 0 Å². The van der Waals surface area contributed by atoms with Crippen LogP contribution in [0.1, 0.15) is 119 Å². The number of unbranched alkanes of at least 4 members (excludes halogenated alkanes) is 7. The lowest BCUT2D eigenvalue weighted by atomic mass is 9.80. The average Bonchev–Trinajstić information content (AvgIpc) is 2.55. The summed E-state index contributed by atoms with van der Waals surface area (Å²) in [5.74, 6) is -0.0403. The van der Waals surface area contributed by atoms with Gasteiger partial charge in [0.2, 0.25) is 0 Å². The molecule has 1 aliphatic heterocycles. The molecule has 1 fully saturated rings. The molecule has 1 rings (SSSR count). The van der Waals surface area contributed by atoms with Crippen LogP contribution in [0.4, 0.5) is 0 Å². The van der Waals surface area contributed by atoms with Crippen LogP contribution < -0.4 is 0 Å². The highest BCUT2D eigenvalue weighted by Gasteiger charge is 2.47. The number of piperidine rings is 1. The summed E-state index contributed by atoms with van der Waals surface area (Å²) in [7, 11) is 0. The van der Waals surface area contributed by atoms with Crippen molar-refractivity contribution >= 4 is 5.97 Å². The molecule has 0 aromatic carbocycles. The Balaban J connectivity index is 2.45. The van der Waals surface area contributed by atoms with E-state index in [2.05, 4.69) is 46.6 Å². The van der Waals surface area contributed by atoms with Crippen LogP contribution in [-0.2, 0) is 14.4 Å². The summed E-state index contributed by atoms with van der Waals surface area (Å²) in [5, 5.41) is 2.17. The molecule has 27 heavy (non-hydrogen) atoms. The number of hydroxylamine groups is 2. The van der Waals surface area contributed by atoms with Gasteiger partial charge in [0.1, 0.15) is 6.10 Å². The van der Waals surface area contributed by atoms with Crippen molar-refractivity contribution in [3.63, 3.8) is 0 Å². The highest BCUT2D eigenvalue weighted by atomic mass is 16.7. The highest BCUT2D eigenvalue weighted by molar-refractivity contribution is 5.69. The predicted molar refractivity (Wildman–Crippen MR) is 113 cm³/mol. The zero-order valence-electron chi connectivity index (χ0n) is 18.9. The standard InChI is InChI=1S/C23H45NO3/c1-7-9-11-12-13-15-17-26-24-22(3,4)18-20(19-23(24,5)6)27-21(25)16-14-10-8-2/h20H,7-19H2,1-6H3. The molecule has 4 heteroatoms. The Kier molecular flexibility index (Phi) is 10.9. The van der Waals surface area contributed by atoms with Crippen LogP contribution in [0.2, 0.25) is 0 Å². The molecule has 0 unspecified atom stereocenters. The third-order valence-corrected chi connectivity index (χ3v) is 5.55. The Hall–Kier alpha value is -0.610. The minimum Gasteiger partial charge on any atom is -0.462 e. The second kappa shape index (κ2) is 12.1. The number of ether oxygens (including phenoxy) is 1. The first kappa shape index (κ1) is 24.4. The van der Waals surface area contributed by atoms with Crippen LogP contribution in [0.25, 0.3) is 0 Å². The van der Waals surface area contributed by atoms with Crippen molar-refractivity contribution in [1.29, 1.82) is 0 Å².